The predicted molar refractivity (Wildman–Crippen MR) is 178 cm³/mol. The number of aromatic nitrogens is 1. The Hall–Kier alpha value is -4.34. The van der Waals surface area contributed by atoms with Gasteiger partial charge in [0.05, 0.1) is 29.5 Å². The standard InChI is InChI=1S/C35H36ClN3O5S/c1-6-38(7-2)34(41)31-22(4)37-35-39(32(31)25-14-10-12-16-27(25)42-5)33(40)30(45-35)20-23-17-18-28(29(19-23)43-8-3)44-21-24-13-9-11-15-26(24)36/h9-20,32H,6-8,21H2,1-5H3/b30-20+/t32-/m0/s1. The van der Waals surface area contributed by atoms with Crippen molar-refractivity contribution < 1.29 is 19.0 Å². The molecule has 1 aromatic heterocycles. The lowest BCUT2D eigenvalue weighted by molar-refractivity contribution is -0.127. The van der Waals surface area contributed by atoms with Crippen LogP contribution in [0, 0.1) is 0 Å². The van der Waals surface area contributed by atoms with Crippen molar-refractivity contribution in [2.75, 3.05) is 26.8 Å². The topological polar surface area (TPSA) is 82.4 Å². The van der Waals surface area contributed by atoms with Gasteiger partial charge >= 0.3 is 0 Å². The first-order valence-corrected chi connectivity index (χ1v) is 16.1. The summed E-state index contributed by atoms with van der Waals surface area (Å²) < 4.78 is 19.8. The first kappa shape index (κ1) is 32.1. The van der Waals surface area contributed by atoms with Gasteiger partial charge in [-0.15, -0.1) is 0 Å². The maximum atomic E-state index is 14.2. The molecule has 1 atom stereocenters. The van der Waals surface area contributed by atoms with Crippen molar-refractivity contribution in [3.05, 3.63) is 119 Å². The molecule has 3 aromatic carbocycles. The van der Waals surface area contributed by atoms with E-state index in [1.54, 1.807) is 16.6 Å². The van der Waals surface area contributed by atoms with Crippen molar-refractivity contribution in [1.82, 2.24) is 9.47 Å². The van der Waals surface area contributed by atoms with E-state index in [-0.39, 0.29) is 18.1 Å². The number of likely N-dealkylation sites (N-methyl/N-ethyl adjacent to an activating group) is 1. The minimum atomic E-state index is -0.702. The molecule has 1 amide bonds. The molecule has 0 aliphatic carbocycles. The van der Waals surface area contributed by atoms with E-state index in [4.69, 9.17) is 30.8 Å². The van der Waals surface area contributed by atoms with Gasteiger partial charge in [0.2, 0.25) is 0 Å². The summed E-state index contributed by atoms with van der Waals surface area (Å²) in [6, 6.07) is 19.9. The van der Waals surface area contributed by atoms with Crippen molar-refractivity contribution >= 4 is 34.9 Å². The summed E-state index contributed by atoms with van der Waals surface area (Å²) in [6.45, 7) is 9.41. The number of ether oxygens (including phenoxy) is 3. The van der Waals surface area contributed by atoms with Gasteiger partial charge in [-0.25, -0.2) is 4.99 Å². The van der Waals surface area contributed by atoms with Crippen LogP contribution in [0.3, 0.4) is 0 Å². The van der Waals surface area contributed by atoms with E-state index in [1.807, 2.05) is 101 Å². The third kappa shape index (κ3) is 6.55. The zero-order chi connectivity index (χ0) is 32.1. The van der Waals surface area contributed by atoms with E-state index in [2.05, 4.69) is 0 Å². The van der Waals surface area contributed by atoms with Crippen LogP contribution in [0.1, 0.15) is 50.4 Å². The molecule has 1 aliphatic heterocycles. The van der Waals surface area contributed by atoms with Crippen molar-refractivity contribution in [2.45, 2.75) is 40.3 Å². The zero-order valence-electron chi connectivity index (χ0n) is 26.0. The molecule has 4 aromatic rings. The van der Waals surface area contributed by atoms with Crippen LogP contribution >= 0.6 is 22.9 Å². The predicted octanol–water partition coefficient (Wildman–Crippen LogP) is 5.74. The second-order valence-corrected chi connectivity index (χ2v) is 11.7. The fourth-order valence-electron chi connectivity index (χ4n) is 5.39. The van der Waals surface area contributed by atoms with Crippen LogP contribution in [0.4, 0.5) is 0 Å². The molecule has 0 saturated heterocycles. The fraction of sp³-hybridized carbons (Fsp3) is 0.286. The summed E-state index contributed by atoms with van der Waals surface area (Å²) in [5.41, 5.74) is 3.14. The second-order valence-electron chi connectivity index (χ2n) is 10.3. The molecule has 0 fully saturated rings. The highest BCUT2D eigenvalue weighted by atomic mass is 35.5. The number of para-hydroxylation sites is 1. The number of methoxy groups -OCH3 is 1. The van der Waals surface area contributed by atoms with E-state index in [0.717, 1.165) is 16.7 Å². The summed E-state index contributed by atoms with van der Waals surface area (Å²) in [5, 5.41) is 0.631. The molecule has 5 rings (SSSR count). The van der Waals surface area contributed by atoms with Gasteiger partial charge < -0.3 is 19.1 Å². The van der Waals surface area contributed by atoms with Crippen LogP contribution in [0.2, 0.25) is 5.02 Å². The summed E-state index contributed by atoms with van der Waals surface area (Å²) in [5.74, 6) is 1.56. The molecule has 0 radical (unpaired) electrons. The number of fused-ring (bicyclic) bond motifs is 1. The Morgan fingerprint density at radius 1 is 1.00 bits per heavy atom. The van der Waals surface area contributed by atoms with Crippen LogP contribution < -0.4 is 29.1 Å². The van der Waals surface area contributed by atoms with Crippen molar-refractivity contribution in [1.29, 1.82) is 0 Å². The number of allylic oxidation sites excluding steroid dienone is 1. The monoisotopic (exact) mass is 645 g/mol. The van der Waals surface area contributed by atoms with Crippen LogP contribution in [-0.4, -0.2) is 42.2 Å². The average Bonchev–Trinajstić information content (AvgIpc) is 3.34. The van der Waals surface area contributed by atoms with Crippen molar-refractivity contribution in [3.63, 3.8) is 0 Å². The largest absolute Gasteiger partial charge is 0.496 e. The number of carbonyl (C=O) groups is 1. The van der Waals surface area contributed by atoms with E-state index >= 15 is 0 Å². The minimum absolute atomic E-state index is 0.153. The highest BCUT2D eigenvalue weighted by Crippen LogP contribution is 2.36. The van der Waals surface area contributed by atoms with E-state index in [1.165, 1.54) is 11.3 Å². The van der Waals surface area contributed by atoms with Crippen molar-refractivity contribution in [3.8, 4) is 17.2 Å². The molecule has 0 unspecified atom stereocenters. The molecular weight excluding hydrogens is 610 g/mol. The zero-order valence-corrected chi connectivity index (χ0v) is 27.6. The molecule has 0 N–H and O–H groups in total. The second kappa shape index (κ2) is 14.2. The third-order valence-corrected chi connectivity index (χ3v) is 8.99. The molecule has 2 heterocycles. The molecule has 1 aliphatic rings. The third-order valence-electron chi connectivity index (χ3n) is 7.64. The molecule has 234 valence electrons. The van der Waals surface area contributed by atoms with Gasteiger partial charge in [0.25, 0.3) is 11.5 Å². The van der Waals surface area contributed by atoms with Gasteiger partial charge in [-0.2, -0.15) is 0 Å². The number of thiazole rings is 1. The molecule has 45 heavy (non-hydrogen) atoms. The molecule has 0 bridgehead atoms. The number of hydrogen-bond acceptors (Lipinski definition) is 7. The molecule has 0 spiro atoms. The van der Waals surface area contributed by atoms with Crippen LogP contribution in [0.5, 0.6) is 17.2 Å². The molecule has 8 nitrogen and oxygen atoms in total. The first-order valence-electron chi connectivity index (χ1n) is 14.9. The fourth-order valence-corrected chi connectivity index (χ4v) is 6.62. The molecular formula is C35H36ClN3O5S. The van der Waals surface area contributed by atoms with Crippen LogP contribution in [0.15, 0.2) is 87.8 Å². The van der Waals surface area contributed by atoms with Gasteiger partial charge in [0, 0.05) is 29.2 Å². The van der Waals surface area contributed by atoms with Crippen LogP contribution in [0.25, 0.3) is 6.08 Å². The van der Waals surface area contributed by atoms with E-state index < -0.39 is 6.04 Å². The van der Waals surface area contributed by atoms with E-state index in [0.29, 0.717) is 62.6 Å². The number of carbonyl (C=O) groups excluding carboxylic acids is 1. The average molecular weight is 646 g/mol. The lowest BCUT2D eigenvalue weighted by Gasteiger charge is -2.29. The summed E-state index contributed by atoms with van der Waals surface area (Å²) in [6.07, 6.45) is 1.81. The summed E-state index contributed by atoms with van der Waals surface area (Å²) in [4.78, 5) is 35.1. The Balaban J connectivity index is 1.60. The SMILES string of the molecule is CCOc1cc(/C=c2/sc3n(c2=O)[C@@H](c2ccccc2OC)C(C(=O)N(CC)CC)=C(C)N=3)ccc1OCc1ccccc1Cl. The number of benzene rings is 3. The minimum Gasteiger partial charge on any atom is -0.496 e. The maximum Gasteiger partial charge on any atom is 0.271 e. The van der Waals surface area contributed by atoms with Gasteiger partial charge in [-0.05, 0) is 63.6 Å². The van der Waals surface area contributed by atoms with Crippen LogP contribution in [-0.2, 0) is 11.4 Å². The van der Waals surface area contributed by atoms with Gasteiger partial charge in [0.15, 0.2) is 16.3 Å². The Morgan fingerprint density at radius 3 is 2.44 bits per heavy atom. The Labute approximate surface area is 271 Å². The number of amides is 1. The summed E-state index contributed by atoms with van der Waals surface area (Å²) >= 11 is 7.59. The number of hydrogen-bond donors (Lipinski definition) is 0. The maximum absolute atomic E-state index is 14.2. The lowest BCUT2D eigenvalue weighted by Crippen LogP contribution is -2.43. The normalized spacial score (nSPS) is 14.5. The van der Waals surface area contributed by atoms with Gasteiger partial charge in [-0.1, -0.05) is 65.4 Å². The van der Waals surface area contributed by atoms with E-state index in [9.17, 15) is 9.59 Å². The Bertz CT molecular complexity index is 1930. The smallest absolute Gasteiger partial charge is 0.271 e. The number of nitrogens with zero attached hydrogens (tertiary/aromatic N) is 3. The Kier molecular flexibility index (Phi) is 10.1. The van der Waals surface area contributed by atoms with Gasteiger partial charge in [0.1, 0.15) is 18.4 Å². The first-order chi connectivity index (χ1) is 21.8. The number of rotatable bonds is 11. The number of halogens is 1. The van der Waals surface area contributed by atoms with Gasteiger partial charge in [-0.3, -0.25) is 14.2 Å². The molecule has 10 heteroatoms. The Morgan fingerprint density at radius 2 is 1.73 bits per heavy atom. The highest BCUT2D eigenvalue weighted by Gasteiger charge is 2.35. The summed E-state index contributed by atoms with van der Waals surface area (Å²) in [7, 11) is 1.59. The lowest BCUT2D eigenvalue weighted by atomic mass is 9.94. The van der Waals surface area contributed by atoms with Crippen molar-refractivity contribution in [2.24, 2.45) is 4.99 Å². The highest BCUT2D eigenvalue weighted by molar-refractivity contribution is 7.07. The quantitative estimate of drug-likeness (QED) is 0.208. The molecule has 0 saturated carbocycles.